The van der Waals surface area contributed by atoms with E-state index in [9.17, 15) is 22.4 Å². The number of carbonyl (C=O) groups is 1. The van der Waals surface area contributed by atoms with Gasteiger partial charge >= 0.3 is 12.3 Å². The smallest absolute Gasteiger partial charge is 0.416 e. The number of ether oxygens (including phenoxy) is 1. The molecule has 1 unspecified atom stereocenters. The van der Waals surface area contributed by atoms with Gasteiger partial charge in [0.1, 0.15) is 11.9 Å². The van der Waals surface area contributed by atoms with Gasteiger partial charge in [0.2, 0.25) is 0 Å². The number of carbonyl (C=O) groups excluding carboxylic acids is 1. The van der Waals surface area contributed by atoms with Crippen molar-refractivity contribution >= 4 is 6.09 Å². The molecule has 3 rings (SSSR count). The van der Waals surface area contributed by atoms with Crippen LogP contribution in [0.1, 0.15) is 36.6 Å². The van der Waals surface area contributed by atoms with Gasteiger partial charge in [-0.2, -0.15) is 13.2 Å². The molecule has 138 valence electrons. The average Bonchev–Trinajstić information content (AvgIpc) is 2.75. The molecule has 0 radical (unpaired) electrons. The zero-order chi connectivity index (χ0) is 19.3. The van der Waals surface area contributed by atoms with E-state index in [1.54, 1.807) is 18.2 Å². The third-order valence-electron chi connectivity index (χ3n) is 4.57. The average molecular weight is 367 g/mol. The number of halogens is 4. The summed E-state index contributed by atoms with van der Waals surface area (Å²) in [4.78, 5) is 11.2. The molecule has 0 heterocycles. The maximum absolute atomic E-state index is 13.7. The monoisotopic (exact) mass is 367 g/mol. The Labute approximate surface area is 147 Å². The van der Waals surface area contributed by atoms with Crippen molar-refractivity contribution in [3.05, 3.63) is 58.9 Å². The van der Waals surface area contributed by atoms with Crippen molar-refractivity contribution in [1.82, 2.24) is 0 Å². The molecule has 0 saturated carbocycles. The Morgan fingerprint density at radius 1 is 1.15 bits per heavy atom. The highest BCUT2D eigenvalue weighted by Crippen LogP contribution is 2.48. The number of fused-ring (bicyclic) bond motifs is 1. The quantitative estimate of drug-likeness (QED) is 0.739. The maximum Gasteiger partial charge on any atom is 0.416 e. The molecule has 1 amide bonds. The molecular weight excluding hydrogens is 350 g/mol. The van der Waals surface area contributed by atoms with Gasteiger partial charge < -0.3 is 10.5 Å². The summed E-state index contributed by atoms with van der Waals surface area (Å²) in [6.07, 6.45) is -5.51. The summed E-state index contributed by atoms with van der Waals surface area (Å²) in [6, 6.07) is 7.43. The Morgan fingerprint density at radius 3 is 2.46 bits per heavy atom. The van der Waals surface area contributed by atoms with Crippen LogP contribution in [0.4, 0.5) is 22.4 Å². The van der Waals surface area contributed by atoms with E-state index in [2.05, 4.69) is 0 Å². The molecule has 1 aliphatic rings. The van der Waals surface area contributed by atoms with Gasteiger partial charge in [-0.3, -0.25) is 0 Å². The Morgan fingerprint density at radius 2 is 1.85 bits per heavy atom. The first kappa shape index (κ1) is 18.2. The minimum Gasteiger partial charge on any atom is -0.441 e. The predicted molar refractivity (Wildman–Crippen MR) is 87.7 cm³/mol. The van der Waals surface area contributed by atoms with E-state index in [0.717, 1.165) is 23.3 Å². The van der Waals surface area contributed by atoms with Crippen LogP contribution in [0.15, 0.2) is 36.4 Å². The lowest BCUT2D eigenvalue weighted by atomic mass is 9.87. The van der Waals surface area contributed by atoms with Crippen molar-refractivity contribution in [2.45, 2.75) is 32.5 Å². The van der Waals surface area contributed by atoms with Crippen LogP contribution in [0.25, 0.3) is 11.1 Å². The third kappa shape index (κ3) is 3.38. The second-order valence-electron chi connectivity index (χ2n) is 7.12. The lowest BCUT2D eigenvalue weighted by molar-refractivity contribution is -0.137. The zero-order valence-electron chi connectivity index (χ0n) is 14.2. The standard InChI is InChI=1S/C19H17F4NO2/c1-18(2)9-12-5-10(3-4-15(12)16(18)26-17(24)25)11-6-13(19(21,22)23)8-14(20)7-11/h3-8,16H,9H2,1-2H3,(H2,24,25). The second-order valence-corrected chi connectivity index (χ2v) is 7.12. The molecular formula is C19H17F4NO2. The van der Waals surface area contributed by atoms with E-state index in [1.807, 2.05) is 13.8 Å². The van der Waals surface area contributed by atoms with Crippen LogP contribution in [0.3, 0.4) is 0 Å². The molecule has 0 aromatic heterocycles. The van der Waals surface area contributed by atoms with Crippen molar-refractivity contribution in [3.63, 3.8) is 0 Å². The highest BCUT2D eigenvalue weighted by atomic mass is 19.4. The number of primary amides is 1. The summed E-state index contributed by atoms with van der Waals surface area (Å²) in [5, 5.41) is 0. The van der Waals surface area contributed by atoms with Crippen LogP contribution in [-0.2, 0) is 17.3 Å². The van der Waals surface area contributed by atoms with Gasteiger partial charge in [-0.15, -0.1) is 0 Å². The SMILES string of the molecule is CC1(C)Cc2cc(-c3cc(F)cc(C(F)(F)F)c3)ccc2C1OC(N)=O. The van der Waals surface area contributed by atoms with Crippen LogP contribution in [0, 0.1) is 11.2 Å². The van der Waals surface area contributed by atoms with Crippen molar-refractivity contribution in [3.8, 4) is 11.1 Å². The van der Waals surface area contributed by atoms with E-state index < -0.39 is 35.2 Å². The summed E-state index contributed by atoms with van der Waals surface area (Å²) in [5.41, 5.74) is 5.87. The second kappa shape index (κ2) is 6.00. The van der Waals surface area contributed by atoms with E-state index in [4.69, 9.17) is 10.5 Å². The Hall–Kier alpha value is -2.57. The van der Waals surface area contributed by atoms with Gasteiger partial charge in [0.15, 0.2) is 0 Å². The molecule has 2 aromatic carbocycles. The fourth-order valence-electron chi connectivity index (χ4n) is 3.46. The summed E-state index contributed by atoms with van der Waals surface area (Å²) < 4.78 is 57.7. The van der Waals surface area contributed by atoms with E-state index in [0.29, 0.717) is 18.1 Å². The first-order valence-corrected chi connectivity index (χ1v) is 7.94. The molecule has 2 N–H and O–H groups in total. The summed E-state index contributed by atoms with van der Waals surface area (Å²) in [5.74, 6) is -0.953. The van der Waals surface area contributed by atoms with Crippen molar-refractivity contribution in [1.29, 1.82) is 0 Å². The minimum atomic E-state index is -4.63. The molecule has 1 atom stereocenters. The van der Waals surface area contributed by atoms with Crippen molar-refractivity contribution < 1.29 is 27.1 Å². The number of rotatable bonds is 2. The summed E-state index contributed by atoms with van der Waals surface area (Å²) in [6.45, 7) is 3.81. The van der Waals surface area contributed by atoms with Crippen LogP contribution >= 0.6 is 0 Å². The topological polar surface area (TPSA) is 52.3 Å². The molecule has 0 spiro atoms. The van der Waals surface area contributed by atoms with Gasteiger partial charge in [0.25, 0.3) is 0 Å². The molecule has 0 bridgehead atoms. The Balaban J connectivity index is 2.04. The molecule has 0 saturated heterocycles. The van der Waals surface area contributed by atoms with Crippen LogP contribution in [0.2, 0.25) is 0 Å². The number of hydrogen-bond donors (Lipinski definition) is 1. The summed E-state index contributed by atoms with van der Waals surface area (Å²) >= 11 is 0. The third-order valence-corrected chi connectivity index (χ3v) is 4.57. The van der Waals surface area contributed by atoms with Gasteiger partial charge in [-0.1, -0.05) is 32.0 Å². The van der Waals surface area contributed by atoms with Gasteiger partial charge in [-0.25, -0.2) is 9.18 Å². The molecule has 2 aromatic rings. The number of amides is 1. The fourth-order valence-corrected chi connectivity index (χ4v) is 3.46. The van der Waals surface area contributed by atoms with Gasteiger partial charge in [0.05, 0.1) is 5.56 Å². The van der Waals surface area contributed by atoms with E-state index in [-0.39, 0.29) is 5.56 Å². The number of benzene rings is 2. The maximum atomic E-state index is 13.7. The molecule has 0 aliphatic heterocycles. The normalized spacial score (nSPS) is 18.5. The summed E-state index contributed by atoms with van der Waals surface area (Å²) in [7, 11) is 0. The van der Waals surface area contributed by atoms with Gasteiger partial charge in [0, 0.05) is 5.41 Å². The highest BCUT2D eigenvalue weighted by molar-refractivity contribution is 5.68. The van der Waals surface area contributed by atoms with Gasteiger partial charge in [-0.05, 0) is 46.9 Å². The lowest BCUT2D eigenvalue weighted by Crippen LogP contribution is -2.25. The predicted octanol–water partition coefficient (Wildman–Crippen LogP) is 5.23. The van der Waals surface area contributed by atoms with E-state index in [1.165, 1.54) is 0 Å². The van der Waals surface area contributed by atoms with Crippen molar-refractivity contribution in [2.75, 3.05) is 0 Å². The molecule has 7 heteroatoms. The number of hydrogen-bond acceptors (Lipinski definition) is 2. The van der Waals surface area contributed by atoms with Crippen LogP contribution in [-0.4, -0.2) is 6.09 Å². The lowest BCUT2D eigenvalue weighted by Gasteiger charge is -2.26. The number of alkyl halides is 3. The zero-order valence-corrected chi connectivity index (χ0v) is 14.2. The molecule has 3 nitrogen and oxygen atoms in total. The molecule has 26 heavy (non-hydrogen) atoms. The van der Waals surface area contributed by atoms with Crippen LogP contribution in [0.5, 0.6) is 0 Å². The first-order chi connectivity index (χ1) is 12.0. The van der Waals surface area contributed by atoms with E-state index >= 15 is 0 Å². The first-order valence-electron chi connectivity index (χ1n) is 7.94. The van der Waals surface area contributed by atoms with Crippen molar-refractivity contribution in [2.24, 2.45) is 11.1 Å². The molecule has 1 aliphatic carbocycles. The molecule has 0 fully saturated rings. The highest BCUT2D eigenvalue weighted by Gasteiger charge is 2.41. The minimum absolute atomic E-state index is 0.136. The largest absolute Gasteiger partial charge is 0.441 e. The van der Waals surface area contributed by atoms with Crippen LogP contribution < -0.4 is 5.73 Å². The fraction of sp³-hybridized carbons (Fsp3) is 0.316. The number of nitrogens with two attached hydrogens (primary N) is 1. The Bertz CT molecular complexity index is 874. The Kier molecular flexibility index (Phi) is 4.21.